The number of benzene rings is 1. The van der Waals surface area contributed by atoms with Crippen molar-refractivity contribution in [2.75, 3.05) is 25.0 Å². The van der Waals surface area contributed by atoms with Crippen molar-refractivity contribution in [3.05, 3.63) is 48.0 Å². The average Bonchev–Trinajstić information content (AvgIpc) is 3.52. The van der Waals surface area contributed by atoms with Gasteiger partial charge in [0.15, 0.2) is 17.0 Å². The smallest absolute Gasteiger partial charge is 0.416 e. The second-order valence-corrected chi connectivity index (χ2v) is 8.87. The van der Waals surface area contributed by atoms with Crippen LogP contribution in [0.1, 0.15) is 37.1 Å². The number of hydrogen-bond donors (Lipinski definition) is 1. The number of imidazole rings is 1. The number of hydrogen-bond acceptors (Lipinski definition) is 8. The van der Waals surface area contributed by atoms with Crippen molar-refractivity contribution in [2.24, 2.45) is 0 Å². The molecule has 0 unspecified atom stereocenters. The molecule has 5 rings (SSSR count). The molecule has 3 heterocycles. The highest BCUT2D eigenvalue weighted by molar-refractivity contribution is 5.83. The van der Waals surface area contributed by atoms with E-state index in [1.165, 1.54) is 19.3 Å². The van der Waals surface area contributed by atoms with Crippen molar-refractivity contribution in [1.82, 2.24) is 24.4 Å². The molecule has 2 aliphatic rings. The molecule has 2 fully saturated rings. The van der Waals surface area contributed by atoms with Gasteiger partial charge in [0.25, 0.3) is 0 Å². The lowest BCUT2D eigenvalue weighted by Crippen LogP contribution is -2.47. The van der Waals surface area contributed by atoms with E-state index in [0.29, 0.717) is 41.7 Å². The second-order valence-electron chi connectivity index (χ2n) is 8.87. The van der Waals surface area contributed by atoms with Gasteiger partial charge >= 0.3 is 12.1 Å². The predicted molar refractivity (Wildman–Crippen MR) is 119 cm³/mol. The molecule has 1 aliphatic heterocycles. The molecule has 0 bridgehead atoms. The molecule has 1 aromatic carbocycles. The standard InChI is InChI=1S/C23H25F3N6O3/c1-14(33)34-11-18-9-31(8-15-3-2-4-16(7-15)23(24,25)26)10-19(35-18)32-13-29-20-21(30-17-5-6-17)27-12-28-22(20)32/h2-4,7,12-13,17-19H,5-6,8-11H2,1H3,(H,27,28,30)/t18-,19+/m0/s1. The fourth-order valence-corrected chi connectivity index (χ4v) is 4.17. The molecule has 0 amide bonds. The highest BCUT2D eigenvalue weighted by atomic mass is 19.4. The largest absolute Gasteiger partial charge is 0.463 e. The zero-order valence-corrected chi connectivity index (χ0v) is 19.0. The number of carbonyl (C=O) groups is 1. The van der Waals surface area contributed by atoms with E-state index in [9.17, 15) is 18.0 Å². The molecule has 1 aliphatic carbocycles. The highest BCUT2D eigenvalue weighted by Gasteiger charge is 2.33. The lowest BCUT2D eigenvalue weighted by Gasteiger charge is -2.38. The molecular formula is C23H25F3N6O3. The minimum atomic E-state index is -4.41. The number of morpholine rings is 1. The third-order valence-electron chi connectivity index (χ3n) is 5.95. The molecule has 35 heavy (non-hydrogen) atoms. The van der Waals surface area contributed by atoms with Crippen LogP contribution in [0.2, 0.25) is 0 Å². The summed E-state index contributed by atoms with van der Waals surface area (Å²) in [6, 6.07) is 5.67. The van der Waals surface area contributed by atoms with E-state index < -0.39 is 30.0 Å². The zero-order chi connectivity index (χ0) is 24.6. The number of ether oxygens (including phenoxy) is 2. The molecule has 1 saturated carbocycles. The molecule has 0 radical (unpaired) electrons. The Morgan fingerprint density at radius 2 is 2.06 bits per heavy atom. The maximum atomic E-state index is 13.2. The Morgan fingerprint density at radius 3 is 2.80 bits per heavy atom. The van der Waals surface area contributed by atoms with Crippen molar-refractivity contribution < 1.29 is 27.4 Å². The molecule has 2 aromatic heterocycles. The molecule has 12 heteroatoms. The van der Waals surface area contributed by atoms with Gasteiger partial charge in [0.2, 0.25) is 0 Å². The van der Waals surface area contributed by atoms with E-state index in [1.807, 2.05) is 4.90 Å². The van der Waals surface area contributed by atoms with E-state index in [1.54, 1.807) is 17.0 Å². The van der Waals surface area contributed by atoms with Gasteiger partial charge in [0, 0.05) is 32.6 Å². The third kappa shape index (κ3) is 5.54. The Labute approximate surface area is 199 Å². The number of carbonyl (C=O) groups excluding carboxylic acids is 1. The topological polar surface area (TPSA) is 94.4 Å². The lowest BCUT2D eigenvalue weighted by molar-refractivity contribution is -0.162. The van der Waals surface area contributed by atoms with Crippen LogP contribution in [-0.4, -0.2) is 62.2 Å². The molecule has 1 saturated heterocycles. The van der Waals surface area contributed by atoms with Gasteiger partial charge in [-0.3, -0.25) is 14.3 Å². The molecule has 186 valence electrons. The monoisotopic (exact) mass is 490 g/mol. The van der Waals surface area contributed by atoms with Gasteiger partial charge in [0.05, 0.1) is 11.9 Å². The van der Waals surface area contributed by atoms with E-state index >= 15 is 0 Å². The Hall–Kier alpha value is -3.25. The Bertz CT molecular complexity index is 1210. The molecule has 3 aromatic rings. The van der Waals surface area contributed by atoms with Crippen LogP contribution in [0.5, 0.6) is 0 Å². The number of fused-ring (bicyclic) bond motifs is 1. The van der Waals surface area contributed by atoms with E-state index in [0.717, 1.165) is 25.0 Å². The van der Waals surface area contributed by atoms with Crippen LogP contribution in [0.4, 0.5) is 19.0 Å². The van der Waals surface area contributed by atoms with Crippen molar-refractivity contribution in [3.63, 3.8) is 0 Å². The molecule has 2 atom stereocenters. The number of alkyl halides is 3. The number of anilines is 1. The number of aromatic nitrogens is 4. The van der Waals surface area contributed by atoms with Crippen LogP contribution in [0.3, 0.4) is 0 Å². The van der Waals surface area contributed by atoms with E-state index in [2.05, 4.69) is 20.3 Å². The summed E-state index contributed by atoms with van der Waals surface area (Å²) in [7, 11) is 0. The molecular weight excluding hydrogens is 465 g/mol. The number of nitrogens with one attached hydrogen (secondary N) is 1. The summed E-state index contributed by atoms with van der Waals surface area (Å²) in [5.74, 6) is 0.223. The highest BCUT2D eigenvalue weighted by Crippen LogP contribution is 2.32. The van der Waals surface area contributed by atoms with Crippen LogP contribution >= 0.6 is 0 Å². The first-order valence-corrected chi connectivity index (χ1v) is 11.4. The number of halogens is 3. The zero-order valence-electron chi connectivity index (χ0n) is 19.0. The molecule has 9 nitrogen and oxygen atoms in total. The van der Waals surface area contributed by atoms with Gasteiger partial charge in [0.1, 0.15) is 25.3 Å². The predicted octanol–water partition coefficient (Wildman–Crippen LogP) is 3.38. The van der Waals surface area contributed by atoms with Gasteiger partial charge in [-0.05, 0) is 24.5 Å². The number of esters is 1. The van der Waals surface area contributed by atoms with Gasteiger partial charge in [-0.1, -0.05) is 18.2 Å². The normalized spacial score (nSPS) is 21.3. The van der Waals surface area contributed by atoms with Crippen molar-refractivity contribution in [2.45, 2.75) is 50.9 Å². The first-order chi connectivity index (χ1) is 16.8. The van der Waals surface area contributed by atoms with Crippen LogP contribution in [0.15, 0.2) is 36.9 Å². The average molecular weight is 490 g/mol. The van der Waals surface area contributed by atoms with Gasteiger partial charge < -0.3 is 14.8 Å². The summed E-state index contributed by atoms with van der Waals surface area (Å²) < 4.78 is 52.7. The van der Waals surface area contributed by atoms with E-state index in [-0.39, 0.29) is 13.2 Å². The van der Waals surface area contributed by atoms with Crippen LogP contribution in [0.25, 0.3) is 11.2 Å². The molecule has 0 spiro atoms. The fourth-order valence-electron chi connectivity index (χ4n) is 4.17. The Morgan fingerprint density at radius 1 is 1.23 bits per heavy atom. The first kappa shape index (κ1) is 23.5. The summed E-state index contributed by atoms with van der Waals surface area (Å²) in [5, 5.41) is 3.35. The summed E-state index contributed by atoms with van der Waals surface area (Å²) >= 11 is 0. The SMILES string of the molecule is CC(=O)OC[C@@H]1CN(Cc2cccc(C(F)(F)F)c2)C[C@H](n2cnc3c(NC4CC4)ncnc32)O1. The number of rotatable bonds is 7. The van der Waals surface area contributed by atoms with Crippen molar-refractivity contribution >= 4 is 23.0 Å². The van der Waals surface area contributed by atoms with Crippen LogP contribution in [0, 0.1) is 0 Å². The second kappa shape index (κ2) is 9.42. The van der Waals surface area contributed by atoms with Crippen molar-refractivity contribution in [3.8, 4) is 0 Å². The fraction of sp³-hybridized carbons (Fsp3) is 0.478. The van der Waals surface area contributed by atoms with Crippen LogP contribution < -0.4 is 5.32 Å². The van der Waals surface area contributed by atoms with Crippen LogP contribution in [-0.2, 0) is 27.0 Å². The maximum Gasteiger partial charge on any atom is 0.416 e. The number of nitrogens with zero attached hydrogens (tertiary/aromatic N) is 5. The first-order valence-electron chi connectivity index (χ1n) is 11.4. The minimum absolute atomic E-state index is 0.0288. The molecule has 1 N–H and O–H groups in total. The minimum Gasteiger partial charge on any atom is -0.463 e. The summed E-state index contributed by atoms with van der Waals surface area (Å²) in [5.41, 5.74) is 1.04. The summed E-state index contributed by atoms with van der Waals surface area (Å²) in [4.78, 5) is 26.5. The van der Waals surface area contributed by atoms with Gasteiger partial charge in [-0.15, -0.1) is 0 Å². The maximum absolute atomic E-state index is 13.2. The van der Waals surface area contributed by atoms with E-state index in [4.69, 9.17) is 9.47 Å². The van der Waals surface area contributed by atoms with Gasteiger partial charge in [-0.25, -0.2) is 15.0 Å². The summed E-state index contributed by atoms with van der Waals surface area (Å²) in [6.07, 6.45) is -0.178. The van der Waals surface area contributed by atoms with Gasteiger partial charge in [-0.2, -0.15) is 13.2 Å². The summed E-state index contributed by atoms with van der Waals surface area (Å²) in [6.45, 7) is 2.39. The Kier molecular flexibility index (Phi) is 6.32. The van der Waals surface area contributed by atoms with Crippen molar-refractivity contribution in [1.29, 1.82) is 0 Å². The lowest BCUT2D eigenvalue weighted by atomic mass is 10.1. The third-order valence-corrected chi connectivity index (χ3v) is 5.95. The Balaban J connectivity index is 1.40. The quantitative estimate of drug-likeness (QED) is 0.504.